The van der Waals surface area contributed by atoms with Crippen molar-refractivity contribution in [3.63, 3.8) is 0 Å². The third kappa shape index (κ3) is 5.34. The van der Waals surface area contributed by atoms with Crippen molar-refractivity contribution in [2.45, 2.75) is 31.9 Å². The van der Waals surface area contributed by atoms with Gasteiger partial charge in [-0.1, -0.05) is 36.4 Å². The molecule has 0 bridgehead atoms. The highest BCUT2D eigenvalue weighted by atomic mass is 16.5. The summed E-state index contributed by atoms with van der Waals surface area (Å²) in [4.78, 5) is 34.4. The van der Waals surface area contributed by atoms with E-state index in [4.69, 9.17) is 9.47 Å². The minimum atomic E-state index is -1.02. The second kappa shape index (κ2) is 10.4. The number of rotatable bonds is 8. The van der Waals surface area contributed by atoms with E-state index in [-0.39, 0.29) is 12.0 Å². The number of carboxylic acids is 1. The summed E-state index contributed by atoms with van der Waals surface area (Å²) in [6, 6.07) is 9.86. The van der Waals surface area contributed by atoms with E-state index >= 15 is 0 Å². The van der Waals surface area contributed by atoms with Gasteiger partial charge in [0.1, 0.15) is 18.2 Å². The van der Waals surface area contributed by atoms with Crippen molar-refractivity contribution >= 4 is 28.6 Å². The van der Waals surface area contributed by atoms with Crippen LogP contribution in [0.2, 0.25) is 0 Å². The number of nitrogens with one attached hydrogen (secondary N) is 1. The van der Waals surface area contributed by atoms with Gasteiger partial charge >= 0.3 is 5.97 Å². The molecule has 0 saturated carbocycles. The van der Waals surface area contributed by atoms with Crippen LogP contribution in [-0.2, 0) is 9.59 Å². The number of carbonyl (C=O) groups is 2. The molecule has 2 aromatic carbocycles. The molecule has 1 aliphatic rings. The molecule has 35 heavy (non-hydrogen) atoms. The second-order valence-electron chi connectivity index (χ2n) is 8.42. The Morgan fingerprint density at radius 3 is 2.63 bits per heavy atom. The molecular formula is C26H28N4O5. The van der Waals surface area contributed by atoms with Crippen molar-refractivity contribution in [1.82, 2.24) is 14.9 Å². The maximum absolute atomic E-state index is 12.1. The van der Waals surface area contributed by atoms with Gasteiger partial charge in [0.25, 0.3) is 0 Å². The van der Waals surface area contributed by atoms with Crippen molar-refractivity contribution in [3.8, 4) is 11.5 Å². The summed E-state index contributed by atoms with van der Waals surface area (Å²) in [5.74, 6) is 0.297. The smallest absolute Gasteiger partial charge is 0.330 e. The Balaban J connectivity index is 1.63. The van der Waals surface area contributed by atoms with Crippen molar-refractivity contribution < 1.29 is 24.2 Å². The Labute approximate surface area is 203 Å². The summed E-state index contributed by atoms with van der Waals surface area (Å²) in [7, 11) is 1.55. The zero-order valence-corrected chi connectivity index (χ0v) is 19.7. The maximum Gasteiger partial charge on any atom is 0.330 e. The van der Waals surface area contributed by atoms with E-state index in [1.54, 1.807) is 30.2 Å². The van der Waals surface area contributed by atoms with Gasteiger partial charge in [-0.25, -0.2) is 14.8 Å². The fraction of sp³-hybridized carbons (Fsp3) is 0.308. The second-order valence-corrected chi connectivity index (χ2v) is 8.42. The van der Waals surface area contributed by atoms with Crippen LogP contribution >= 0.6 is 0 Å². The molecule has 2 heterocycles. The quantitative estimate of drug-likeness (QED) is 0.473. The van der Waals surface area contributed by atoms with E-state index in [0.29, 0.717) is 59.7 Å². The number of aliphatic carboxylic acids is 1. The first-order valence-corrected chi connectivity index (χ1v) is 11.4. The first-order valence-electron chi connectivity index (χ1n) is 11.4. The molecular weight excluding hydrogens is 448 g/mol. The number of hydrogen-bond acceptors (Lipinski definition) is 7. The molecule has 1 aliphatic heterocycles. The van der Waals surface area contributed by atoms with Gasteiger partial charge in [-0.05, 0) is 24.6 Å². The normalized spacial score (nSPS) is 14.9. The van der Waals surface area contributed by atoms with Gasteiger partial charge < -0.3 is 24.8 Å². The number of carboxylic acid groups (broad SMARTS) is 1. The minimum absolute atomic E-state index is 0.0822. The molecule has 2 N–H and O–H groups in total. The first kappa shape index (κ1) is 24.0. The molecule has 1 unspecified atom stereocenters. The average Bonchev–Trinajstić information content (AvgIpc) is 2.86. The maximum atomic E-state index is 12.1. The standard InChI is InChI=1S/C26H28N4O5/c1-4-23(31)30-10-8-18(9-11-30)35-22-13-19-20(14-21(22)34-3)27-15-28-25(19)29-24(26(32)33)17-7-5-6-16(2)12-17/h4-7,12-15,18,24H,1,8-11H2,2-3H3,(H,32,33)(H,27,28,29). The van der Waals surface area contributed by atoms with Crippen LogP contribution in [0.3, 0.4) is 0 Å². The number of aryl methyl sites for hydroxylation is 1. The Hall–Kier alpha value is -4.14. The number of amides is 1. The van der Waals surface area contributed by atoms with Crippen LogP contribution in [0.5, 0.6) is 11.5 Å². The van der Waals surface area contributed by atoms with Crippen molar-refractivity contribution in [2.24, 2.45) is 0 Å². The summed E-state index contributed by atoms with van der Waals surface area (Å²) < 4.78 is 11.8. The molecule has 4 rings (SSSR count). The van der Waals surface area contributed by atoms with E-state index in [9.17, 15) is 14.7 Å². The molecule has 0 spiro atoms. The number of aromatic nitrogens is 2. The van der Waals surface area contributed by atoms with Crippen LogP contribution in [0, 0.1) is 6.92 Å². The molecule has 3 aromatic rings. The highest BCUT2D eigenvalue weighted by Gasteiger charge is 2.25. The lowest BCUT2D eigenvalue weighted by molar-refractivity contribution is -0.138. The predicted molar refractivity (Wildman–Crippen MR) is 132 cm³/mol. The number of piperidine rings is 1. The van der Waals surface area contributed by atoms with Gasteiger partial charge in [0, 0.05) is 37.4 Å². The van der Waals surface area contributed by atoms with Crippen LogP contribution < -0.4 is 14.8 Å². The Bertz CT molecular complexity index is 1250. The molecule has 1 saturated heterocycles. The Kier molecular flexibility index (Phi) is 7.14. The molecule has 182 valence electrons. The van der Waals surface area contributed by atoms with Crippen molar-refractivity contribution in [1.29, 1.82) is 0 Å². The molecule has 1 aromatic heterocycles. The largest absolute Gasteiger partial charge is 0.493 e. The van der Waals surface area contributed by atoms with Crippen LogP contribution in [0.25, 0.3) is 10.9 Å². The number of ether oxygens (including phenoxy) is 2. The molecule has 9 heteroatoms. The first-order chi connectivity index (χ1) is 16.9. The number of methoxy groups -OCH3 is 1. The number of carbonyl (C=O) groups excluding carboxylic acids is 1. The number of nitrogens with zero attached hydrogens (tertiary/aromatic N) is 3. The monoisotopic (exact) mass is 476 g/mol. The van der Waals surface area contributed by atoms with Gasteiger partial charge in [0.05, 0.1) is 12.6 Å². The van der Waals surface area contributed by atoms with Crippen molar-refractivity contribution in [3.05, 3.63) is 66.5 Å². The van der Waals surface area contributed by atoms with E-state index < -0.39 is 12.0 Å². The van der Waals surface area contributed by atoms with Crippen LogP contribution in [0.1, 0.15) is 30.0 Å². The number of fused-ring (bicyclic) bond motifs is 1. The average molecular weight is 477 g/mol. The predicted octanol–water partition coefficient (Wildman–Crippen LogP) is 3.74. The molecule has 1 amide bonds. The van der Waals surface area contributed by atoms with E-state index in [1.807, 2.05) is 25.1 Å². The number of anilines is 1. The van der Waals surface area contributed by atoms with Gasteiger partial charge in [0.2, 0.25) is 5.91 Å². The number of likely N-dealkylation sites (tertiary alicyclic amines) is 1. The zero-order valence-electron chi connectivity index (χ0n) is 19.7. The summed E-state index contributed by atoms with van der Waals surface area (Å²) in [5.41, 5.74) is 2.17. The highest BCUT2D eigenvalue weighted by Crippen LogP contribution is 2.36. The summed E-state index contributed by atoms with van der Waals surface area (Å²) in [6.07, 6.45) is 3.95. The van der Waals surface area contributed by atoms with Gasteiger partial charge in [-0.3, -0.25) is 4.79 Å². The Morgan fingerprint density at radius 1 is 1.20 bits per heavy atom. The van der Waals surface area contributed by atoms with E-state index in [0.717, 1.165) is 5.56 Å². The lowest BCUT2D eigenvalue weighted by Gasteiger charge is -2.31. The zero-order chi connectivity index (χ0) is 24.9. The highest BCUT2D eigenvalue weighted by molar-refractivity contribution is 5.93. The fourth-order valence-electron chi connectivity index (χ4n) is 4.21. The van der Waals surface area contributed by atoms with Gasteiger partial charge in [-0.15, -0.1) is 0 Å². The van der Waals surface area contributed by atoms with Crippen LogP contribution in [-0.4, -0.2) is 58.2 Å². The lowest BCUT2D eigenvalue weighted by atomic mass is 10.0. The van der Waals surface area contributed by atoms with Gasteiger partial charge in [-0.2, -0.15) is 0 Å². The molecule has 1 fully saturated rings. The van der Waals surface area contributed by atoms with E-state index in [1.165, 1.54) is 12.4 Å². The third-order valence-electron chi connectivity index (χ3n) is 6.05. The van der Waals surface area contributed by atoms with Crippen LogP contribution in [0.4, 0.5) is 5.82 Å². The number of benzene rings is 2. The summed E-state index contributed by atoms with van der Waals surface area (Å²) in [6.45, 7) is 6.62. The van der Waals surface area contributed by atoms with Gasteiger partial charge in [0.15, 0.2) is 17.5 Å². The lowest BCUT2D eigenvalue weighted by Crippen LogP contribution is -2.41. The van der Waals surface area contributed by atoms with E-state index in [2.05, 4.69) is 21.9 Å². The van der Waals surface area contributed by atoms with Crippen molar-refractivity contribution in [2.75, 3.05) is 25.5 Å². The SMILES string of the molecule is C=CC(=O)N1CCC(Oc2cc3c(NC(C(=O)O)c4cccc(C)c4)ncnc3cc2OC)CC1. The third-order valence-corrected chi connectivity index (χ3v) is 6.05. The minimum Gasteiger partial charge on any atom is -0.493 e. The molecule has 0 aliphatic carbocycles. The molecule has 0 radical (unpaired) electrons. The summed E-state index contributed by atoms with van der Waals surface area (Å²) in [5, 5.41) is 13.6. The Morgan fingerprint density at radius 2 is 1.97 bits per heavy atom. The molecule has 1 atom stereocenters. The van der Waals surface area contributed by atoms with Crippen LogP contribution in [0.15, 0.2) is 55.4 Å². The fourth-order valence-corrected chi connectivity index (χ4v) is 4.21. The summed E-state index contributed by atoms with van der Waals surface area (Å²) >= 11 is 0. The molecule has 9 nitrogen and oxygen atoms in total. The number of hydrogen-bond donors (Lipinski definition) is 2. The topological polar surface area (TPSA) is 114 Å².